The zero-order valence-electron chi connectivity index (χ0n) is 6.77. The largest absolute Gasteiger partial charge is 0.465 e. The molecule has 0 radical (unpaired) electrons. The van der Waals surface area contributed by atoms with Crippen molar-refractivity contribution in [2.45, 2.75) is 37.9 Å². The molecular weight excluding hydrogens is 160 g/mol. The molecule has 0 aromatic rings. The smallest absolute Gasteiger partial charge is 0.293 e. The van der Waals surface area contributed by atoms with E-state index in [1.54, 1.807) is 0 Å². The average Bonchev–Trinajstić information content (AvgIpc) is 2.81. The Bertz CT molecular complexity index is 131. The molecule has 0 heterocycles. The summed E-state index contributed by atoms with van der Waals surface area (Å²) in [5, 5.41) is 0. The molecule has 0 aromatic heterocycles. The van der Waals surface area contributed by atoms with Crippen molar-refractivity contribution in [2.24, 2.45) is 0 Å². The third-order valence-corrected chi connectivity index (χ3v) is 1.54. The van der Waals surface area contributed by atoms with E-state index in [4.69, 9.17) is 0 Å². The summed E-state index contributed by atoms with van der Waals surface area (Å²) in [7, 11) is 0. The van der Waals surface area contributed by atoms with Crippen LogP contribution in [0.2, 0.25) is 0 Å². The second-order valence-corrected chi connectivity index (χ2v) is 2.86. The number of hydrogen-bond acceptors (Lipinski definition) is 4. The second-order valence-electron chi connectivity index (χ2n) is 2.86. The van der Waals surface area contributed by atoms with Crippen LogP contribution in [0, 0.1) is 0 Å². The molecule has 2 rings (SSSR count). The van der Waals surface area contributed by atoms with E-state index in [2.05, 4.69) is 9.47 Å². The van der Waals surface area contributed by atoms with Crippen LogP contribution in [0.25, 0.3) is 0 Å². The Hall–Kier alpha value is -1.06. The van der Waals surface area contributed by atoms with Gasteiger partial charge in [0.25, 0.3) is 12.9 Å². The van der Waals surface area contributed by atoms with Crippen LogP contribution in [-0.2, 0) is 19.1 Å². The van der Waals surface area contributed by atoms with Gasteiger partial charge in [-0.3, -0.25) is 9.59 Å². The number of hydrogen-bond donors (Lipinski definition) is 0. The van der Waals surface area contributed by atoms with Gasteiger partial charge < -0.3 is 9.47 Å². The summed E-state index contributed by atoms with van der Waals surface area (Å²) in [6, 6.07) is 0. The van der Waals surface area contributed by atoms with Gasteiger partial charge in [0.1, 0.15) is 12.2 Å². The first kappa shape index (κ1) is 9.03. The molecule has 0 aromatic carbocycles. The van der Waals surface area contributed by atoms with E-state index in [0.29, 0.717) is 12.9 Å². The Balaban J connectivity index is 0.000000120. The fourth-order valence-electron chi connectivity index (χ4n) is 0.565. The predicted molar refractivity (Wildman–Crippen MR) is 40.3 cm³/mol. The minimum Gasteiger partial charge on any atom is -0.465 e. The maximum absolute atomic E-state index is 9.43. The number of ether oxygens (including phenoxy) is 2. The van der Waals surface area contributed by atoms with Crippen LogP contribution < -0.4 is 0 Å². The van der Waals surface area contributed by atoms with Gasteiger partial charge in [0.15, 0.2) is 0 Å². The monoisotopic (exact) mass is 172 g/mol. The van der Waals surface area contributed by atoms with Crippen LogP contribution in [0.1, 0.15) is 25.7 Å². The van der Waals surface area contributed by atoms with Crippen molar-refractivity contribution in [3.8, 4) is 0 Å². The standard InChI is InChI=1S/2C4H6O2/c2*5-3-6-4-1-2-4/h2*3-4H,1-2H2. The Morgan fingerprint density at radius 2 is 1.17 bits per heavy atom. The van der Waals surface area contributed by atoms with E-state index in [1.165, 1.54) is 0 Å². The molecule has 2 aliphatic carbocycles. The molecule has 0 spiro atoms. The SMILES string of the molecule is O=COC1CC1.O=COC1CC1. The first-order valence-corrected chi connectivity index (χ1v) is 4.05. The molecule has 4 nitrogen and oxygen atoms in total. The van der Waals surface area contributed by atoms with Crippen LogP contribution in [0.5, 0.6) is 0 Å². The zero-order chi connectivity index (χ0) is 8.81. The van der Waals surface area contributed by atoms with Crippen LogP contribution >= 0.6 is 0 Å². The molecule has 0 bridgehead atoms. The molecule has 0 atom stereocenters. The van der Waals surface area contributed by atoms with Gasteiger partial charge in [-0.25, -0.2) is 0 Å². The zero-order valence-corrected chi connectivity index (χ0v) is 6.77. The van der Waals surface area contributed by atoms with E-state index in [0.717, 1.165) is 25.7 Å². The van der Waals surface area contributed by atoms with Crippen LogP contribution in [0.4, 0.5) is 0 Å². The third kappa shape index (κ3) is 4.71. The summed E-state index contributed by atoms with van der Waals surface area (Å²) in [5.74, 6) is 0. The normalized spacial score (nSPS) is 20.0. The van der Waals surface area contributed by atoms with Crippen LogP contribution in [0.15, 0.2) is 0 Å². The van der Waals surface area contributed by atoms with Gasteiger partial charge in [-0.2, -0.15) is 0 Å². The fraction of sp³-hybridized carbons (Fsp3) is 0.750. The van der Waals surface area contributed by atoms with E-state index >= 15 is 0 Å². The highest BCUT2D eigenvalue weighted by Gasteiger charge is 2.22. The fourth-order valence-corrected chi connectivity index (χ4v) is 0.565. The van der Waals surface area contributed by atoms with Crippen molar-refractivity contribution < 1.29 is 19.1 Å². The summed E-state index contributed by atoms with van der Waals surface area (Å²) >= 11 is 0. The maximum Gasteiger partial charge on any atom is 0.293 e. The minimum atomic E-state index is 0.280. The average molecular weight is 172 g/mol. The van der Waals surface area contributed by atoms with Gasteiger partial charge in [-0.15, -0.1) is 0 Å². The molecule has 2 aliphatic rings. The van der Waals surface area contributed by atoms with Crippen molar-refractivity contribution in [2.75, 3.05) is 0 Å². The van der Waals surface area contributed by atoms with E-state index < -0.39 is 0 Å². The van der Waals surface area contributed by atoms with Crippen molar-refractivity contribution in [1.82, 2.24) is 0 Å². The van der Waals surface area contributed by atoms with E-state index in [9.17, 15) is 9.59 Å². The molecule has 4 heteroatoms. The Morgan fingerprint density at radius 3 is 1.25 bits per heavy atom. The summed E-state index contributed by atoms with van der Waals surface area (Å²) in [4.78, 5) is 18.9. The molecule has 0 aliphatic heterocycles. The molecule has 0 amide bonds. The quantitative estimate of drug-likeness (QED) is 0.584. The molecule has 2 fully saturated rings. The molecule has 0 unspecified atom stereocenters. The minimum absolute atomic E-state index is 0.280. The lowest BCUT2D eigenvalue weighted by molar-refractivity contribution is -0.130. The number of carbonyl (C=O) groups is 2. The van der Waals surface area contributed by atoms with Crippen molar-refractivity contribution in [3.63, 3.8) is 0 Å². The molecule has 68 valence electrons. The first-order valence-electron chi connectivity index (χ1n) is 4.05. The van der Waals surface area contributed by atoms with Gasteiger partial charge in [0.05, 0.1) is 0 Å². The third-order valence-electron chi connectivity index (χ3n) is 1.54. The lowest BCUT2D eigenvalue weighted by Crippen LogP contribution is -1.86. The molecule has 2 saturated carbocycles. The molecular formula is C8H12O4. The summed E-state index contributed by atoms with van der Waals surface area (Å²) in [6.45, 7) is 1.02. The Morgan fingerprint density at radius 1 is 0.833 bits per heavy atom. The lowest BCUT2D eigenvalue weighted by Gasteiger charge is -1.83. The summed E-state index contributed by atoms with van der Waals surface area (Å²) in [5.41, 5.74) is 0. The second kappa shape index (κ2) is 4.74. The van der Waals surface area contributed by atoms with Gasteiger partial charge in [-0.1, -0.05) is 0 Å². The molecule has 0 saturated heterocycles. The van der Waals surface area contributed by atoms with Gasteiger partial charge >= 0.3 is 0 Å². The first-order chi connectivity index (χ1) is 5.86. The van der Waals surface area contributed by atoms with Gasteiger partial charge in [0.2, 0.25) is 0 Å². The number of carbonyl (C=O) groups excluding carboxylic acids is 2. The summed E-state index contributed by atoms with van der Waals surface area (Å²) < 4.78 is 8.94. The van der Waals surface area contributed by atoms with Crippen LogP contribution in [-0.4, -0.2) is 25.2 Å². The number of rotatable bonds is 4. The summed E-state index contributed by atoms with van der Waals surface area (Å²) in [6.07, 6.45) is 4.83. The Kier molecular flexibility index (Phi) is 3.57. The molecule has 12 heavy (non-hydrogen) atoms. The van der Waals surface area contributed by atoms with E-state index in [-0.39, 0.29) is 12.2 Å². The predicted octanol–water partition coefficient (Wildman–Crippen LogP) is 0.644. The highest BCUT2D eigenvalue weighted by molar-refractivity contribution is 5.38. The van der Waals surface area contributed by atoms with Crippen molar-refractivity contribution in [1.29, 1.82) is 0 Å². The van der Waals surface area contributed by atoms with Gasteiger partial charge in [-0.05, 0) is 25.7 Å². The highest BCUT2D eigenvalue weighted by atomic mass is 16.5. The molecule has 0 N–H and O–H groups in total. The van der Waals surface area contributed by atoms with Crippen molar-refractivity contribution >= 4 is 12.9 Å². The highest BCUT2D eigenvalue weighted by Crippen LogP contribution is 2.22. The van der Waals surface area contributed by atoms with Crippen molar-refractivity contribution in [3.05, 3.63) is 0 Å². The Labute approximate surface area is 70.8 Å². The van der Waals surface area contributed by atoms with E-state index in [1.807, 2.05) is 0 Å². The lowest BCUT2D eigenvalue weighted by atomic mass is 10.8. The maximum atomic E-state index is 9.43. The topological polar surface area (TPSA) is 52.6 Å². The van der Waals surface area contributed by atoms with Crippen LogP contribution in [0.3, 0.4) is 0 Å². The van der Waals surface area contributed by atoms with Gasteiger partial charge in [0, 0.05) is 0 Å².